The molecule has 166 valence electrons. The average molecular weight is 421 g/mol. The Morgan fingerprint density at radius 3 is 2.57 bits per heavy atom. The van der Waals surface area contributed by atoms with Crippen molar-refractivity contribution >= 4 is 11.9 Å². The van der Waals surface area contributed by atoms with Crippen LogP contribution in [0.2, 0.25) is 0 Å². The Hall–Kier alpha value is -2.16. The smallest absolute Gasteiger partial charge is 0.335 e. The van der Waals surface area contributed by atoms with E-state index in [-0.39, 0.29) is 36.1 Å². The van der Waals surface area contributed by atoms with E-state index in [1.807, 2.05) is 13.8 Å². The minimum atomic E-state index is -0.963. The molecule has 8 nitrogen and oxygen atoms in total. The van der Waals surface area contributed by atoms with Crippen LogP contribution < -0.4 is 4.74 Å². The van der Waals surface area contributed by atoms with Gasteiger partial charge in [-0.1, -0.05) is 0 Å². The number of aromatic carboxylic acids is 1. The number of carbonyl (C=O) groups excluding carboxylic acids is 1. The van der Waals surface area contributed by atoms with Gasteiger partial charge in [-0.25, -0.2) is 4.79 Å². The molecule has 3 atom stereocenters. The largest absolute Gasteiger partial charge is 0.491 e. The van der Waals surface area contributed by atoms with Gasteiger partial charge in [-0.3, -0.25) is 4.79 Å². The SMILES string of the molecule is Cc1cc(C(=O)O)cc(C)c1OCCO[C@@H]1C[C@H](CO)N(C(=O)C2CCCOC2)C1. The van der Waals surface area contributed by atoms with Crippen LogP contribution in [0.25, 0.3) is 0 Å². The van der Waals surface area contributed by atoms with Crippen molar-refractivity contribution in [1.82, 2.24) is 4.90 Å². The first kappa shape index (κ1) is 22.5. The molecule has 0 aromatic heterocycles. The fraction of sp³-hybridized carbons (Fsp3) is 0.636. The summed E-state index contributed by atoms with van der Waals surface area (Å²) in [6.45, 7) is 5.84. The lowest BCUT2D eigenvalue weighted by Crippen LogP contribution is -2.44. The summed E-state index contributed by atoms with van der Waals surface area (Å²) in [5, 5.41) is 18.8. The van der Waals surface area contributed by atoms with Crippen LogP contribution >= 0.6 is 0 Å². The number of rotatable bonds is 8. The molecular weight excluding hydrogens is 390 g/mol. The first-order valence-corrected chi connectivity index (χ1v) is 10.5. The fourth-order valence-corrected chi connectivity index (χ4v) is 4.27. The number of nitrogens with zero attached hydrogens (tertiary/aromatic N) is 1. The summed E-state index contributed by atoms with van der Waals surface area (Å²) in [5.41, 5.74) is 1.77. The van der Waals surface area contributed by atoms with Crippen molar-refractivity contribution in [3.63, 3.8) is 0 Å². The Balaban J connectivity index is 1.48. The number of aliphatic hydroxyl groups excluding tert-OH is 1. The molecule has 8 heteroatoms. The molecule has 1 aromatic rings. The van der Waals surface area contributed by atoms with Gasteiger partial charge < -0.3 is 29.3 Å². The van der Waals surface area contributed by atoms with Gasteiger partial charge in [0.2, 0.25) is 5.91 Å². The van der Waals surface area contributed by atoms with Crippen LogP contribution in [0.4, 0.5) is 0 Å². The molecule has 3 rings (SSSR count). The summed E-state index contributed by atoms with van der Waals surface area (Å²) in [5.74, 6) is -0.387. The van der Waals surface area contributed by atoms with Crippen molar-refractivity contribution in [1.29, 1.82) is 0 Å². The highest BCUT2D eigenvalue weighted by Crippen LogP contribution is 2.27. The molecule has 0 saturated carbocycles. The van der Waals surface area contributed by atoms with Gasteiger partial charge in [0, 0.05) is 13.2 Å². The summed E-state index contributed by atoms with van der Waals surface area (Å²) in [4.78, 5) is 25.7. The Morgan fingerprint density at radius 2 is 1.97 bits per heavy atom. The molecule has 30 heavy (non-hydrogen) atoms. The van der Waals surface area contributed by atoms with Crippen molar-refractivity contribution in [2.45, 2.75) is 45.3 Å². The standard InChI is InChI=1S/C22H31NO7/c1-14-8-17(22(26)27)9-15(2)20(14)30-7-6-29-19-10-18(12-24)23(11-19)21(25)16-4-3-5-28-13-16/h8-9,16,18-19,24H,3-7,10-13H2,1-2H3,(H,26,27)/t16?,18-,19-/m1/s1. The second kappa shape index (κ2) is 10.2. The number of ether oxygens (including phenoxy) is 3. The molecule has 0 bridgehead atoms. The molecule has 2 heterocycles. The lowest BCUT2D eigenvalue weighted by atomic mass is 10.0. The van der Waals surface area contributed by atoms with E-state index in [1.54, 1.807) is 17.0 Å². The van der Waals surface area contributed by atoms with Crippen LogP contribution in [-0.4, -0.2) is 78.7 Å². The van der Waals surface area contributed by atoms with Gasteiger partial charge in [0.15, 0.2) is 0 Å². The maximum absolute atomic E-state index is 12.8. The normalized spacial score (nSPS) is 24.1. The third-order valence-corrected chi connectivity index (χ3v) is 5.77. The quantitative estimate of drug-likeness (QED) is 0.617. The van der Waals surface area contributed by atoms with Crippen molar-refractivity contribution in [3.8, 4) is 5.75 Å². The Labute approximate surface area is 176 Å². The van der Waals surface area contributed by atoms with Crippen LogP contribution in [0, 0.1) is 19.8 Å². The second-order valence-electron chi connectivity index (χ2n) is 8.06. The van der Waals surface area contributed by atoms with Crippen LogP contribution in [0.5, 0.6) is 5.75 Å². The third kappa shape index (κ3) is 5.30. The highest BCUT2D eigenvalue weighted by Gasteiger charge is 2.38. The van der Waals surface area contributed by atoms with E-state index in [1.165, 1.54) is 0 Å². The zero-order valence-corrected chi connectivity index (χ0v) is 17.6. The summed E-state index contributed by atoms with van der Waals surface area (Å²) >= 11 is 0. The van der Waals surface area contributed by atoms with E-state index < -0.39 is 5.97 Å². The topological polar surface area (TPSA) is 106 Å². The summed E-state index contributed by atoms with van der Waals surface area (Å²) in [6, 6.07) is 2.96. The van der Waals surface area contributed by atoms with E-state index in [4.69, 9.17) is 19.3 Å². The summed E-state index contributed by atoms with van der Waals surface area (Å²) in [6.07, 6.45) is 2.17. The predicted octanol–water partition coefficient (Wildman–Crippen LogP) is 1.79. The van der Waals surface area contributed by atoms with E-state index >= 15 is 0 Å². The van der Waals surface area contributed by atoms with Crippen LogP contribution in [-0.2, 0) is 14.3 Å². The maximum Gasteiger partial charge on any atom is 0.335 e. The maximum atomic E-state index is 12.8. The number of aryl methyl sites for hydroxylation is 2. The van der Waals surface area contributed by atoms with Gasteiger partial charge >= 0.3 is 5.97 Å². The van der Waals surface area contributed by atoms with Gasteiger partial charge in [-0.05, 0) is 56.4 Å². The average Bonchev–Trinajstić information content (AvgIpc) is 3.15. The lowest BCUT2D eigenvalue weighted by Gasteiger charge is -2.29. The number of benzene rings is 1. The molecule has 2 aliphatic rings. The highest BCUT2D eigenvalue weighted by molar-refractivity contribution is 5.88. The van der Waals surface area contributed by atoms with E-state index in [0.717, 1.165) is 24.0 Å². The predicted molar refractivity (Wildman–Crippen MR) is 109 cm³/mol. The van der Waals surface area contributed by atoms with Crippen LogP contribution in [0.1, 0.15) is 40.7 Å². The van der Waals surface area contributed by atoms with Gasteiger partial charge in [0.1, 0.15) is 12.4 Å². The lowest BCUT2D eigenvalue weighted by molar-refractivity contribution is -0.141. The van der Waals surface area contributed by atoms with Crippen LogP contribution in [0.3, 0.4) is 0 Å². The Bertz CT molecular complexity index is 737. The molecule has 0 spiro atoms. The first-order chi connectivity index (χ1) is 14.4. The van der Waals surface area contributed by atoms with E-state index in [9.17, 15) is 14.7 Å². The molecular formula is C22H31NO7. The van der Waals surface area contributed by atoms with Crippen molar-refractivity contribution in [2.24, 2.45) is 5.92 Å². The number of hydrogen-bond donors (Lipinski definition) is 2. The number of likely N-dealkylation sites (tertiary alicyclic amines) is 1. The van der Waals surface area contributed by atoms with E-state index in [0.29, 0.717) is 45.1 Å². The Kier molecular flexibility index (Phi) is 7.69. The number of carboxylic acids is 1. The summed E-state index contributed by atoms with van der Waals surface area (Å²) < 4.78 is 17.2. The minimum Gasteiger partial charge on any atom is -0.491 e. The summed E-state index contributed by atoms with van der Waals surface area (Å²) in [7, 11) is 0. The zero-order valence-electron chi connectivity index (χ0n) is 17.6. The molecule has 1 amide bonds. The molecule has 1 unspecified atom stereocenters. The van der Waals surface area contributed by atoms with Crippen molar-refractivity contribution in [2.75, 3.05) is 39.6 Å². The minimum absolute atomic E-state index is 0.0425. The van der Waals surface area contributed by atoms with E-state index in [2.05, 4.69) is 0 Å². The van der Waals surface area contributed by atoms with Crippen molar-refractivity contribution in [3.05, 3.63) is 28.8 Å². The number of carboxylic acid groups (broad SMARTS) is 1. The van der Waals surface area contributed by atoms with Crippen molar-refractivity contribution < 1.29 is 34.0 Å². The molecule has 2 aliphatic heterocycles. The molecule has 1 aromatic carbocycles. The fourth-order valence-electron chi connectivity index (χ4n) is 4.27. The van der Waals surface area contributed by atoms with Gasteiger partial charge in [0.05, 0.1) is 43.4 Å². The molecule has 2 N–H and O–H groups in total. The van der Waals surface area contributed by atoms with Crippen LogP contribution in [0.15, 0.2) is 12.1 Å². The molecule has 2 fully saturated rings. The highest BCUT2D eigenvalue weighted by atomic mass is 16.5. The zero-order chi connectivity index (χ0) is 21.7. The number of amides is 1. The second-order valence-corrected chi connectivity index (χ2v) is 8.06. The van der Waals surface area contributed by atoms with Gasteiger partial charge in [-0.2, -0.15) is 0 Å². The Morgan fingerprint density at radius 1 is 1.23 bits per heavy atom. The molecule has 0 radical (unpaired) electrons. The van der Waals surface area contributed by atoms with Gasteiger partial charge in [-0.15, -0.1) is 0 Å². The monoisotopic (exact) mass is 421 g/mol. The number of carbonyl (C=O) groups is 2. The third-order valence-electron chi connectivity index (χ3n) is 5.77. The van der Waals surface area contributed by atoms with Gasteiger partial charge in [0.25, 0.3) is 0 Å². The number of hydrogen-bond acceptors (Lipinski definition) is 6. The first-order valence-electron chi connectivity index (χ1n) is 10.5. The number of aliphatic hydroxyl groups is 1. The molecule has 2 saturated heterocycles. The molecule has 0 aliphatic carbocycles.